The number of allylic oxidation sites excluding steroid dienone is 1. The third kappa shape index (κ3) is 2.95. The highest BCUT2D eigenvalue weighted by molar-refractivity contribution is 6.16. The van der Waals surface area contributed by atoms with Gasteiger partial charge in [0.1, 0.15) is 11.6 Å². The molecule has 0 aliphatic heterocycles. The molecule has 3 aromatic rings. The van der Waals surface area contributed by atoms with Gasteiger partial charge in [-0.2, -0.15) is 0 Å². The van der Waals surface area contributed by atoms with E-state index in [2.05, 4.69) is 6.58 Å². The van der Waals surface area contributed by atoms with Gasteiger partial charge in [0, 0.05) is 29.3 Å². The second-order valence-electron chi connectivity index (χ2n) is 5.53. The largest absolute Gasteiger partial charge is 0.497 e. The molecule has 0 atom stereocenters. The molecule has 4 heteroatoms. The average molecular weight is 323 g/mol. The second-order valence-corrected chi connectivity index (χ2v) is 5.53. The lowest BCUT2D eigenvalue weighted by Crippen LogP contribution is -2.01. The molecule has 3 nitrogen and oxygen atoms in total. The molecule has 0 radical (unpaired) electrons. The van der Waals surface area contributed by atoms with Gasteiger partial charge in [0.05, 0.1) is 12.6 Å². The Kier molecular flexibility index (Phi) is 4.47. The van der Waals surface area contributed by atoms with Crippen molar-refractivity contribution in [2.45, 2.75) is 13.0 Å². The summed E-state index contributed by atoms with van der Waals surface area (Å²) in [6, 6.07) is 11.5. The molecular weight excluding hydrogens is 305 g/mol. The molecule has 0 saturated heterocycles. The Morgan fingerprint density at radius 3 is 2.67 bits per heavy atom. The van der Waals surface area contributed by atoms with Crippen molar-refractivity contribution >= 4 is 16.7 Å². The molecular formula is C20H18FNO2. The van der Waals surface area contributed by atoms with Gasteiger partial charge < -0.3 is 9.30 Å². The van der Waals surface area contributed by atoms with Crippen molar-refractivity contribution in [2.24, 2.45) is 0 Å². The number of halogens is 1. The molecule has 0 saturated carbocycles. The monoisotopic (exact) mass is 323 g/mol. The van der Waals surface area contributed by atoms with Crippen molar-refractivity contribution < 1.29 is 13.9 Å². The van der Waals surface area contributed by atoms with E-state index in [1.165, 1.54) is 12.1 Å². The van der Waals surface area contributed by atoms with Crippen LogP contribution in [0.4, 0.5) is 4.39 Å². The van der Waals surface area contributed by atoms with Crippen LogP contribution in [0.25, 0.3) is 10.9 Å². The SMILES string of the molecule is C=CCCn1cc(C(=O)c2ccc(OC)cc2)c2ccc(F)cc21. The minimum Gasteiger partial charge on any atom is -0.497 e. The van der Waals surface area contributed by atoms with Crippen molar-refractivity contribution in [3.05, 3.63) is 78.3 Å². The smallest absolute Gasteiger partial charge is 0.195 e. The average Bonchev–Trinajstić information content (AvgIpc) is 2.97. The fourth-order valence-electron chi connectivity index (χ4n) is 2.76. The van der Waals surface area contributed by atoms with E-state index in [9.17, 15) is 9.18 Å². The van der Waals surface area contributed by atoms with Crippen molar-refractivity contribution in [3.63, 3.8) is 0 Å². The standard InChI is InChI=1S/C20H18FNO2/c1-3-4-11-22-13-18(17-10-7-15(21)12-19(17)22)20(23)14-5-8-16(24-2)9-6-14/h3,5-10,12-13H,1,4,11H2,2H3. The van der Waals surface area contributed by atoms with Gasteiger partial charge in [-0.05, 0) is 48.9 Å². The van der Waals surface area contributed by atoms with Gasteiger partial charge in [-0.25, -0.2) is 4.39 Å². The second kappa shape index (κ2) is 6.71. The number of carbonyl (C=O) groups is 1. The molecule has 0 amide bonds. The first kappa shape index (κ1) is 16.0. The fraction of sp³-hybridized carbons (Fsp3) is 0.150. The third-order valence-corrected chi connectivity index (χ3v) is 4.02. The molecule has 24 heavy (non-hydrogen) atoms. The summed E-state index contributed by atoms with van der Waals surface area (Å²) >= 11 is 0. The molecule has 0 spiro atoms. The van der Waals surface area contributed by atoms with Gasteiger partial charge in [0.25, 0.3) is 0 Å². The Hall–Kier alpha value is -2.88. The lowest BCUT2D eigenvalue weighted by Gasteiger charge is -2.02. The van der Waals surface area contributed by atoms with Crippen LogP contribution >= 0.6 is 0 Å². The Labute approximate surface area is 140 Å². The number of rotatable bonds is 6. The zero-order valence-corrected chi connectivity index (χ0v) is 13.5. The molecule has 122 valence electrons. The number of ether oxygens (including phenoxy) is 1. The van der Waals surface area contributed by atoms with Gasteiger partial charge >= 0.3 is 0 Å². The number of methoxy groups -OCH3 is 1. The zero-order chi connectivity index (χ0) is 17.1. The highest BCUT2D eigenvalue weighted by Crippen LogP contribution is 2.26. The number of carbonyl (C=O) groups excluding carboxylic acids is 1. The third-order valence-electron chi connectivity index (χ3n) is 4.02. The summed E-state index contributed by atoms with van der Waals surface area (Å²) < 4.78 is 20.6. The van der Waals surface area contributed by atoms with Crippen LogP contribution in [0.3, 0.4) is 0 Å². The first-order valence-electron chi connectivity index (χ1n) is 7.72. The summed E-state index contributed by atoms with van der Waals surface area (Å²) in [4.78, 5) is 12.9. The number of hydrogen-bond acceptors (Lipinski definition) is 2. The number of nitrogens with zero attached hydrogens (tertiary/aromatic N) is 1. The summed E-state index contributed by atoms with van der Waals surface area (Å²) in [6.07, 6.45) is 4.34. The molecule has 0 aliphatic rings. The summed E-state index contributed by atoms with van der Waals surface area (Å²) in [5, 5.41) is 0.751. The molecule has 1 aromatic heterocycles. The van der Waals surface area contributed by atoms with Crippen LogP contribution in [0.1, 0.15) is 22.3 Å². The first-order valence-corrected chi connectivity index (χ1v) is 7.72. The molecule has 0 aliphatic carbocycles. The number of hydrogen-bond donors (Lipinski definition) is 0. The van der Waals surface area contributed by atoms with Crippen LogP contribution in [-0.4, -0.2) is 17.5 Å². The first-order chi connectivity index (χ1) is 11.6. The van der Waals surface area contributed by atoms with Crippen molar-refractivity contribution in [3.8, 4) is 5.75 Å². The molecule has 3 rings (SSSR count). The number of aryl methyl sites for hydroxylation is 1. The molecule has 0 fully saturated rings. The van der Waals surface area contributed by atoms with E-state index in [0.717, 1.165) is 11.8 Å². The molecule has 1 heterocycles. The lowest BCUT2D eigenvalue weighted by atomic mass is 10.0. The van der Waals surface area contributed by atoms with Gasteiger partial charge in [0.15, 0.2) is 5.78 Å². The number of fused-ring (bicyclic) bond motifs is 1. The quantitative estimate of drug-likeness (QED) is 0.490. The van der Waals surface area contributed by atoms with Crippen LogP contribution < -0.4 is 4.74 Å². The maximum Gasteiger partial charge on any atom is 0.195 e. The van der Waals surface area contributed by atoms with Crippen molar-refractivity contribution in [1.82, 2.24) is 4.57 Å². The van der Waals surface area contributed by atoms with E-state index >= 15 is 0 Å². The van der Waals surface area contributed by atoms with E-state index in [-0.39, 0.29) is 11.6 Å². The number of aromatic nitrogens is 1. The molecule has 2 aromatic carbocycles. The van der Waals surface area contributed by atoms with E-state index in [4.69, 9.17) is 4.74 Å². The topological polar surface area (TPSA) is 31.2 Å². The molecule has 0 unspecified atom stereocenters. The summed E-state index contributed by atoms with van der Waals surface area (Å²) in [5.41, 5.74) is 1.86. The van der Waals surface area contributed by atoms with Crippen LogP contribution in [0, 0.1) is 5.82 Å². The van der Waals surface area contributed by atoms with Crippen molar-refractivity contribution in [2.75, 3.05) is 7.11 Å². The molecule has 0 bridgehead atoms. The normalized spacial score (nSPS) is 10.8. The van der Waals surface area contributed by atoms with Crippen molar-refractivity contribution in [1.29, 1.82) is 0 Å². The summed E-state index contributed by atoms with van der Waals surface area (Å²) in [7, 11) is 1.58. The van der Waals surface area contributed by atoms with E-state index in [0.29, 0.717) is 28.9 Å². The highest BCUT2D eigenvalue weighted by Gasteiger charge is 2.17. The Balaban J connectivity index is 2.07. The zero-order valence-electron chi connectivity index (χ0n) is 13.5. The number of benzene rings is 2. The predicted octanol–water partition coefficient (Wildman–Crippen LogP) is 4.60. The minimum atomic E-state index is -0.316. The van der Waals surface area contributed by atoms with Crippen LogP contribution in [0.15, 0.2) is 61.3 Å². The van der Waals surface area contributed by atoms with E-state index in [1.54, 1.807) is 49.7 Å². The maximum atomic E-state index is 13.6. The highest BCUT2D eigenvalue weighted by atomic mass is 19.1. The van der Waals surface area contributed by atoms with Crippen LogP contribution in [0.2, 0.25) is 0 Å². The Morgan fingerprint density at radius 2 is 2.00 bits per heavy atom. The van der Waals surface area contributed by atoms with Gasteiger partial charge in [-0.15, -0.1) is 6.58 Å². The van der Waals surface area contributed by atoms with Gasteiger partial charge in [-0.3, -0.25) is 4.79 Å². The van der Waals surface area contributed by atoms with E-state index < -0.39 is 0 Å². The Morgan fingerprint density at radius 1 is 1.25 bits per heavy atom. The van der Waals surface area contributed by atoms with Gasteiger partial charge in [0.2, 0.25) is 0 Å². The fourth-order valence-corrected chi connectivity index (χ4v) is 2.76. The maximum absolute atomic E-state index is 13.6. The lowest BCUT2D eigenvalue weighted by molar-refractivity contribution is 0.104. The van der Waals surface area contributed by atoms with E-state index in [1.807, 2.05) is 4.57 Å². The summed E-state index contributed by atoms with van der Waals surface area (Å²) in [5.74, 6) is 0.289. The predicted molar refractivity (Wildman–Crippen MR) is 93.1 cm³/mol. The van der Waals surface area contributed by atoms with Crippen LogP contribution in [-0.2, 0) is 6.54 Å². The van der Waals surface area contributed by atoms with Crippen LogP contribution in [0.5, 0.6) is 5.75 Å². The Bertz CT molecular complexity index is 894. The number of ketones is 1. The molecule has 0 N–H and O–H groups in total. The summed E-state index contributed by atoms with van der Waals surface area (Å²) in [6.45, 7) is 4.37. The minimum absolute atomic E-state index is 0.0911. The van der Waals surface area contributed by atoms with Gasteiger partial charge in [-0.1, -0.05) is 6.08 Å².